The molecule has 0 aliphatic heterocycles. The highest BCUT2D eigenvalue weighted by molar-refractivity contribution is 7.09. The van der Waals surface area contributed by atoms with E-state index < -0.39 is 0 Å². The predicted molar refractivity (Wildman–Crippen MR) is 80.0 cm³/mol. The van der Waals surface area contributed by atoms with Crippen LogP contribution in [0.1, 0.15) is 18.7 Å². The molecule has 0 saturated carbocycles. The third-order valence-corrected chi connectivity index (χ3v) is 3.63. The van der Waals surface area contributed by atoms with Gasteiger partial charge in [-0.1, -0.05) is 19.1 Å². The summed E-state index contributed by atoms with van der Waals surface area (Å²) >= 11 is 1.66. The number of nitrogens with two attached hydrogens (primary N) is 1. The van der Waals surface area contributed by atoms with Crippen molar-refractivity contribution in [3.63, 3.8) is 0 Å². The fourth-order valence-electron chi connectivity index (χ4n) is 1.49. The van der Waals surface area contributed by atoms with E-state index in [1.54, 1.807) is 22.3 Å². The van der Waals surface area contributed by atoms with Gasteiger partial charge in [-0.2, -0.15) is 0 Å². The molecule has 5 heteroatoms. The Balaban J connectivity index is 0.00000289. The minimum absolute atomic E-state index is 0. The third kappa shape index (κ3) is 4.80. The normalized spacial score (nSPS) is 13.3. The smallest absolute Gasteiger partial charge is 0.227 e. The summed E-state index contributed by atoms with van der Waals surface area (Å²) in [7, 11) is 0. The molecule has 0 aliphatic carbocycles. The van der Waals surface area contributed by atoms with E-state index in [1.165, 1.54) is 4.88 Å². The van der Waals surface area contributed by atoms with Crippen LogP contribution in [0.25, 0.3) is 0 Å². The maximum absolute atomic E-state index is 12.2. The number of carbonyl (C=O) groups is 1. The van der Waals surface area contributed by atoms with E-state index in [4.69, 9.17) is 5.73 Å². The molecule has 0 aromatic carbocycles. The molecule has 1 heterocycles. The van der Waals surface area contributed by atoms with Crippen molar-refractivity contribution in [3.8, 4) is 0 Å². The van der Waals surface area contributed by atoms with Crippen LogP contribution in [0.4, 0.5) is 0 Å². The molecule has 0 fully saturated rings. The second-order valence-corrected chi connectivity index (χ2v) is 5.27. The van der Waals surface area contributed by atoms with Crippen molar-refractivity contribution in [2.75, 3.05) is 6.54 Å². The number of halogens is 1. The van der Waals surface area contributed by atoms with Crippen LogP contribution in [0.3, 0.4) is 0 Å². The molecule has 0 saturated heterocycles. The lowest BCUT2D eigenvalue weighted by molar-refractivity contribution is -0.135. The van der Waals surface area contributed by atoms with Gasteiger partial charge in [-0.05, 0) is 18.4 Å². The molecule has 1 rings (SSSR count). The van der Waals surface area contributed by atoms with Crippen molar-refractivity contribution in [1.29, 1.82) is 0 Å². The summed E-state index contributed by atoms with van der Waals surface area (Å²) in [4.78, 5) is 15.2. The minimum Gasteiger partial charge on any atom is -0.334 e. The van der Waals surface area contributed by atoms with Crippen LogP contribution in [0.15, 0.2) is 30.2 Å². The molecule has 18 heavy (non-hydrogen) atoms. The van der Waals surface area contributed by atoms with E-state index in [1.807, 2.05) is 31.4 Å². The molecular formula is C13H21ClN2OS. The van der Waals surface area contributed by atoms with E-state index in [9.17, 15) is 4.79 Å². The second-order valence-electron chi connectivity index (χ2n) is 4.23. The molecule has 2 N–H and O–H groups in total. The van der Waals surface area contributed by atoms with Crippen LogP contribution in [-0.2, 0) is 11.3 Å². The Labute approximate surface area is 119 Å². The summed E-state index contributed by atoms with van der Waals surface area (Å²) in [5, 5.41) is 2.01. The van der Waals surface area contributed by atoms with Crippen LogP contribution in [0.2, 0.25) is 0 Å². The lowest BCUT2D eigenvalue weighted by atomic mass is 10.0. The molecule has 0 spiro atoms. The van der Waals surface area contributed by atoms with Crippen LogP contribution in [0.5, 0.6) is 0 Å². The van der Waals surface area contributed by atoms with Gasteiger partial charge in [-0.25, -0.2) is 0 Å². The van der Waals surface area contributed by atoms with Crippen molar-refractivity contribution >= 4 is 29.7 Å². The Morgan fingerprint density at radius 2 is 2.28 bits per heavy atom. The zero-order valence-corrected chi connectivity index (χ0v) is 12.5. The number of carbonyl (C=O) groups excluding carboxylic acids is 1. The Kier molecular flexibility index (Phi) is 7.91. The molecule has 0 radical (unpaired) electrons. The van der Waals surface area contributed by atoms with E-state index in [0.29, 0.717) is 13.1 Å². The number of thiophene rings is 1. The van der Waals surface area contributed by atoms with Crippen LogP contribution < -0.4 is 5.73 Å². The third-order valence-electron chi connectivity index (χ3n) is 2.77. The van der Waals surface area contributed by atoms with Crippen LogP contribution in [-0.4, -0.2) is 23.4 Å². The van der Waals surface area contributed by atoms with Gasteiger partial charge >= 0.3 is 0 Å². The van der Waals surface area contributed by atoms with Gasteiger partial charge in [0.05, 0.1) is 12.5 Å². The van der Waals surface area contributed by atoms with Gasteiger partial charge in [0.2, 0.25) is 5.91 Å². The number of nitrogens with zero attached hydrogens (tertiary/aromatic N) is 1. The number of hydrogen-bond donors (Lipinski definition) is 1. The SMILES string of the molecule is C=CCN(Cc1cccs1)C(=O)C(C)C(C)N.Cl. The number of rotatable bonds is 6. The zero-order chi connectivity index (χ0) is 12.8. The van der Waals surface area contributed by atoms with E-state index in [2.05, 4.69) is 6.58 Å². The van der Waals surface area contributed by atoms with E-state index in [0.717, 1.165) is 0 Å². The lowest BCUT2D eigenvalue weighted by Gasteiger charge is -2.25. The Bertz CT molecular complexity index is 365. The van der Waals surface area contributed by atoms with E-state index in [-0.39, 0.29) is 30.3 Å². The van der Waals surface area contributed by atoms with Crippen molar-refractivity contribution in [2.24, 2.45) is 11.7 Å². The first-order valence-electron chi connectivity index (χ1n) is 5.74. The van der Waals surface area contributed by atoms with Crippen molar-refractivity contribution in [1.82, 2.24) is 4.90 Å². The fourth-order valence-corrected chi connectivity index (χ4v) is 2.21. The summed E-state index contributed by atoms with van der Waals surface area (Å²) in [6.07, 6.45) is 1.75. The van der Waals surface area contributed by atoms with E-state index >= 15 is 0 Å². The number of hydrogen-bond acceptors (Lipinski definition) is 3. The highest BCUT2D eigenvalue weighted by atomic mass is 35.5. The van der Waals surface area contributed by atoms with Gasteiger partial charge in [0.25, 0.3) is 0 Å². The van der Waals surface area contributed by atoms with Gasteiger partial charge in [0.1, 0.15) is 0 Å². The van der Waals surface area contributed by atoms with Crippen LogP contribution >= 0.6 is 23.7 Å². The summed E-state index contributed by atoms with van der Waals surface area (Å²) < 4.78 is 0. The molecule has 2 atom stereocenters. The van der Waals surface area contributed by atoms with Gasteiger partial charge in [-0.15, -0.1) is 30.3 Å². The van der Waals surface area contributed by atoms with Crippen molar-refractivity contribution in [2.45, 2.75) is 26.4 Å². The topological polar surface area (TPSA) is 46.3 Å². The highest BCUT2D eigenvalue weighted by Gasteiger charge is 2.22. The highest BCUT2D eigenvalue weighted by Crippen LogP contribution is 2.15. The van der Waals surface area contributed by atoms with Gasteiger partial charge in [0, 0.05) is 17.5 Å². The Hall–Kier alpha value is -0.840. The lowest BCUT2D eigenvalue weighted by Crippen LogP contribution is -2.41. The number of amides is 1. The molecule has 2 unspecified atom stereocenters. The molecule has 1 aromatic heterocycles. The average molecular weight is 289 g/mol. The first-order chi connectivity index (χ1) is 8.06. The summed E-state index contributed by atoms with van der Waals surface area (Å²) in [6, 6.07) is 3.90. The van der Waals surface area contributed by atoms with Gasteiger partial charge in [-0.3, -0.25) is 4.79 Å². The molecule has 0 aliphatic rings. The summed E-state index contributed by atoms with van der Waals surface area (Å²) in [6.45, 7) is 8.63. The predicted octanol–water partition coefficient (Wildman–Crippen LogP) is 2.67. The van der Waals surface area contributed by atoms with Crippen molar-refractivity contribution in [3.05, 3.63) is 35.0 Å². The fraction of sp³-hybridized carbons (Fsp3) is 0.462. The first-order valence-corrected chi connectivity index (χ1v) is 6.62. The first kappa shape index (κ1) is 17.2. The molecule has 1 amide bonds. The van der Waals surface area contributed by atoms with Gasteiger partial charge in [0.15, 0.2) is 0 Å². The van der Waals surface area contributed by atoms with Gasteiger partial charge < -0.3 is 10.6 Å². The monoisotopic (exact) mass is 288 g/mol. The van der Waals surface area contributed by atoms with Crippen LogP contribution in [0, 0.1) is 5.92 Å². The maximum atomic E-state index is 12.2. The second kappa shape index (κ2) is 8.29. The molecule has 1 aromatic rings. The Morgan fingerprint density at radius 3 is 2.72 bits per heavy atom. The standard InChI is InChI=1S/C13H20N2OS.ClH/c1-4-7-15(9-12-6-5-8-17-12)13(16)10(2)11(3)14;/h4-6,8,10-11H,1,7,9,14H2,2-3H3;1H. The minimum atomic E-state index is -0.157. The van der Waals surface area contributed by atoms with Crippen molar-refractivity contribution < 1.29 is 4.79 Å². The molecule has 102 valence electrons. The largest absolute Gasteiger partial charge is 0.334 e. The molecular weight excluding hydrogens is 268 g/mol. The quantitative estimate of drug-likeness (QED) is 0.818. The Morgan fingerprint density at radius 1 is 1.61 bits per heavy atom. The zero-order valence-electron chi connectivity index (χ0n) is 10.8. The summed E-state index contributed by atoms with van der Waals surface area (Å²) in [5.74, 6) is -0.0665. The molecule has 3 nitrogen and oxygen atoms in total. The summed E-state index contributed by atoms with van der Waals surface area (Å²) in [5.41, 5.74) is 5.77. The maximum Gasteiger partial charge on any atom is 0.227 e. The molecule has 0 bridgehead atoms. The average Bonchev–Trinajstić information content (AvgIpc) is 2.79.